The number of hydrogen-bond acceptors (Lipinski definition) is 8. The zero-order valence-corrected chi connectivity index (χ0v) is 19.0. The minimum Gasteiger partial charge on any atom is -0.497 e. The number of rotatable bonds is 8. The third-order valence-corrected chi connectivity index (χ3v) is 6.15. The number of nitrogens with zero attached hydrogens (tertiary/aromatic N) is 1. The highest BCUT2D eigenvalue weighted by Gasteiger charge is 2.31. The van der Waals surface area contributed by atoms with Gasteiger partial charge in [0, 0.05) is 30.1 Å². The summed E-state index contributed by atoms with van der Waals surface area (Å²) in [4.78, 5) is 13.2. The molecule has 1 aliphatic rings. The van der Waals surface area contributed by atoms with Crippen LogP contribution in [0.3, 0.4) is 0 Å². The Kier molecular flexibility index (Phi) is 7.89. The van der Waals surface area contributed by atoms with Crippen LogP contribution >= 0.6 is 11.9 Å². The lowest BCUT2D eigenvalue weighted by molar-refractivity contribution is -0.134. The van der Waals surface area contributed by atoms with E-state index >= 15 is 0 Å². The topological polar surface area (TPSA) is 92.3 Å². The first kappa shape index (κ1) is 23.1. The standard InChI is InChI=1S/C22H29N3O5S/c1-14(2)21(22(26)24-27)25-8-7-23-19-12-16(5-6-20(19)31-25)30-13-15-9-17(28-3)11-18(10-15)29-4/h5-6,9-12,14,21,23,27H,7-8,13H2,1-4H3,(H,24,26)/t21-/m1/s1. The van der Waals surface area contributed by atoms with Crippen molar-refractivity contribution in [2.75, 3.05) is 32.6 Å². The number of fused-ring (bicyclic) bond motifs is 1. The van der Waals surface area contributed by atoms with Crippen LogP contribution in [0.15, 0.2) is 41.3 Å². The highest BCUT2D eigenvalue weighted by Crippen LogP contribution is 2.37. The summed E-state index contributed by atoms with van der Waals surface area (Å²) in [6.45, 7) is 5.61. The van der Waals surface area contributed by atoms with Crippen LogP contribution in [0.2, 0.25) is 0 Å². The van der Waals surface area contributed by atoms with Gasteiger partial charge in [0.15, 0.2) is 0 Å². The molecule has 0 fully saturated rings. The number of nitrogens with one attached hydrogen (secondary N) is 2. The van der Waals surface area contributed by atoms with Gasteiger partial charge in [-0.15, -0.1) is 0 Å². The molecule has 2 aromatic carbocycles. The molecule has 3 N–H and O–H groups in total. The Labute approximate surface area is 187 Å². The van der Waals surface area contributed by atoms with Crippen LogP contribution in [-0.4, -0.2) is 48.8 Å². The van der Waals surface area contributed by atoms with Crippen LogP contribution in [0, 0.1) is 5.92 Å². The first-order valence-corrected chi connectivity index (χ1v) is 10.8. The van der Waals surface area contributed by atoms with Crippen LogP contribution in [-0.2, 0) is 11.4 Å². The van der Waals surface area contributed by atoms with Crippen molar-refractivity contribution in [2.24, 2.45) is 5.92 Å². The molecule has 1 aliphatic heterocycles. The number of ether oxygens (including phenoxy) is 3. The molecule has 168 valence electrons. The normalized spacial score (nSPS) is 14.8. The highest BCUT2D eigenvalue weighted by atomic mass is 32.2. The number of hydrogen-bond donors (Lipinski definition) is 3. The predicted octanol–water partition coefficient (Wildman–Crippen LogP) is 3.55. The van der Waals surface area contributed by atoms with Crippen molar-refractivity contribution >= 4 is 23.5 Å². The maximum Gasteiger partial charge on any atom is 0.261 e. The van der Waals surface area contributed by atoms with Crippen LogP contribution in [0.25, 0.3) is 0 Å². The molecule has 1 atom stereocenters. The Bertz CT molecular complexity index is 886. The number of amides is 1. The average Bonchev–Trinajstić information content (AvgIpc) is 2.98. The van der Waals surface area contributed by atoms with Crippen molar-refractivity contribution in [3.63, 3.8) is 0 Å². The van der Waals surface area contributed by atoms with Gasteiger partial charge in [-0.1, -0.05) is 13.8 Å². The summed E-state index contributed by atoms with van der Waals surface area (Å²) in [6, 6.07) is 11.0. The average molecular weight is 448 g/mol. The molecule has 3 rings (SSSR count). The lowest BCUT2D eigenvalue weighted by Gasteiger charge is -2.30. The van der Waals surface area contributed by atoms with Crippen molar-refractivity contribution in [1.82, 2.24) is 9.79 Å². The van der Waals surface area contributed by atoms with E-state index in [2.05, 4.69) is 5.32 Å². The third kappa shape index (κ3) is 5.75. The Morgan fingerprint density at radius 2 is 1.87 bits per heavy atom. The molecule has 0 aliphatic carbocycles. The molecule has 2 aromatic rings. The summed E-state index contributed by atoms with van der Waals surface area (Å²) in [6.07, 6.45) is 0. The van der Waals surface area contributed by atoms with Gasteiger partial charge in [-0.05, 0) is 47.7 Å². The van der Waals surface area contributed by atoms with Gasteiger partial charge in [-0.2, -0.15) is 0 Å². The fraction of sp³-hybridized carbons (Fsp3) is 0.409. The van der Waals surface area contributed by atoms with E-state index in [4.69, 9.17) is 19.4 Å². The van der Waals surface area contributed by atoms with Gasteiger partial charge in [0.2, 0.25) is 0 Å². The molecule has 8 nitrogen and oxygen atoms in total. The number of carbonyl (C=O) groups is 1. The second kappa shape index (κ2) is 10.6. The second-order valence-corrected chi connectivity index (χ2v) is 8.58. The Morgan fingerprint density at radius 3 is 2.48 bits per heavy atom. The highest BCUT2D eigenvalue weighted by molar-refractivity contribution is 7.97. The predicted molar refractivity (Wildman–Crippen MR) is 120 cm³/mol. The molecule has 0 radical (unpaired) electrons. The first-order valence-electron chi connectivity index (χ1n) is 10.1. The van der Waals surface area contributed by atoms with Crippen molar-refractivity contribution in [3.05, 3.63) is 42.0 Å². The van der Waals surface area contributed by atoms with E-state index < -0.39 is 11.9 Å². The van der Waals surface area contributed by atoms with E-state index in [-0.39, 0.29) is 5.92 Å². The smallest absolute Gasteiger partial charge is 0.261 e. The molecule has 0 unspecified atom stereocenters. The fourth-order valence-corrected chi connectivity index (χ4v) is 4.68. The molecule has 0 spiro atoms. The Morgan fingerprint density at radius 1 is 1.16 bits per heavy atom. The van der Waals surface area contributed by atoms with E-state index in [1.165, 1.54) is 11.9 Å². The Balaban J connectivity index is 1.73. The molecule has 9 heteroatoms. The van der Waals surface area contributed by atoms with Crippen LogP contribution in [0.4, 0.5) is 5.69 Å². The lowest BCUT2D eigenvalue weighted by Crippen LogP contribution is -2.47. The molecular weight excluding hydrogens is 418 g/mol. The molecule has 1 heterocycles. The van der Waals surface area contributed by atoms with Gasteiger partial charge in [0.05, 0.1) is 19.9 Å². The van der Waals surface area contributed by atoms with Crippen molar-refractivity contribution in [1.29, 1.82) is 0 Å². The summed E-state index contributed by atoms with van der Waals surface area (Å²) in [5.41, 5.74) is 3.68. The largest absolute Gasteiger partial charge is 0.497 e. The third-order valence-electron chi connectivity index (χ3n) is 4.95. The SMILES string of the molecule is COc1cc(COc2ccc3c(c2)NCCN([C@@H](C(=O)NO)C(C)C)S3)cc(OC)c1. The molecular formula is C22H29N3O5S. The van der Waals surface area contributed by atoms with Gasteiger partial charge in [0.1, 0.15) is 29.9 Å². The first-order chi connectivity index (χ1) is 14.9. The van der Waals surface area contributed by atoms with Crippen molar-refractivity contribution in [3.8, 4) is 17.2 Å². The van der Waals surface area contributed by atoms with E-state index in [1.807, 2.05) is 54.6 Å². The monoisotopic (exact) mass is 447 g/mol. The molecule has 1 amide bonds. The van der Waals surface area contributed by atoms with E-state index in [0.717, 1.165) is 21.9 Å². The lowest BCUT2D eigenvalue weighted by atomic mass is 10.0. The summed E-state index contributed by atoms with van der Waals surface area (Å²) in [5.74, 6) is 1.80. The van der Waals surface area contributed by atoms with Gasteiger partial charge in [-0.3, -0.25) is 10.0 Å². The van der Waals surface area contributed by atoms with E-state index in [0.29, 0.717) is 31.2 Å². The number of benzene rings is 2. The van der Waals surface area contributed by atoms with Crippen LogP contribution in [0.5, 0.6) is 17.2 Å². The van der Waals surface area contributed by atoms with E-state index in [9.17, 15) is 4.79 Å². The Hall–Kier alpha value is -2.62. The maximum absolute atomic E-state index is 12.2. The minimum atomic E-state index is -0.443. The summed E-state index contributed by atoms with van der Waals surface area (Å²) in [7, 11) is 3.24. The summed E-state index contributed by atoms with van der Waals surface area (Å²) in [5, 5.41) is 12.5. The van der Waals surface area contributed by atoms with Gasteiger partial charge >= 0.3 is 0 Å². The summed E-state index contributed by atoms with van der Waals surface area (Å²) < 4.78 is 18.6. The number of methoxy groups -OCH3 is 2. The van der Waals surface area contributed by atoms with Gasteiger partial charge < -0.3 is 19.5 Å². The number of carbonyl (C=O) groups excluding carboxylic acids is 1. The zero-order valence-electron chi connectivity index (χ0n) is 18.2. The minimum absolute atomic E-state index is 0.0451. The van der Waals surface area contributed by atoms with Crippen molar-refractivity contribution in [2.45, 2.75) is 31.4 Å². The van der Waals surface area contributed by atoms with Gasteiger partial charge in [0.25, 0.3) is 5.91 Å². The van der Waals surface area contributed by atoms with E-state index in [1.54, 1.807) is 19.7 Å². The molecule has 31 heavy (non-hydrogen) atoms. The maximum atomic E-state index is 12.2. The number of anilines is 1. The van der Waals surface area contributed by atoms with Gasteiger partial charge in [-0.25, -0.2) is 9.79 Å². The molecule has 0 aromatic heterocycles. The molecule has 0 saturated carbocycles. The van der Waals surface area contributed by atoms with Crippen LogP contribution in [0.1, 0.15) is 19.4 Å². The van der Waals surface area contributed by atoms with Crippen molar-refractivity contribution < 1.29 is 24.2 Å². The zero-order chi connectivity index (χ0) is 22.4. The number of hydroxylamine groups is 1. The quantitative estimate of drug-likeness (QED) is 0.322. The van der Waals surface area contributed by atoms with Crippen LogP contribution < -0.4 is 25.0 Å². The summed E-state index contributed by atoms with van der Waals surface area (Å²) >= 11 is 1.50. The second-order valence-electron chi connectivity index (χ2n) is 7.49. The fourth-order valence-electron chi connectivity index (χ4n) is 3.43. The molecule has 0 saturated heterocycles. The molecule has 0 bridgehead atoms.